The molecule has 0 atom stereocenters. The topological polar surface area (TPSA) is 115 Å². The van der Waals surface area contributed by atoms with Crippen molar-refractivity contribution >= 4 is 32.7 Å². The van der Waals surface area contributed by atoms with Crippen LogP contribution < -0.4 is 10.5 Å². The summed E-state index contributed by atoms with van der Waals surface area (Å²) in [6.07, 6.45) is 0. The fraction of sp³-hybridized carbons (Fsp3) is 0.0909. The van der Waals surface area contributed by atoms with Gasteiger partial charge in [0.1, 0.15) is 4.90 Å². The summed E-state index contributed by atoms with van der Waals surface area (Å²) >= 11 is 1.42. The van der Waals surface area contributed by atoms with Crippen LogP contribution in [0.3, 0.4) is 0 Å². The molecule has 20 heavy (non-hydrogen) atoms. The normalized spacial score (nSPS) is 11.4. The van der Waals surface area contributed by atoms with Crippen LogP contribution in [0.5, 0.6) is 0 Å². The predicted octanol–water partition coefficient (Wildman–Crippen LogP) is 1.72. The number of thiophene rings is 1. The first-order valence-electron chi connectivity index (χ1n) is 5.46. The number of nitrogens with two attached hydrogens (primary N) is 1. The smallest absolute Gasteiger partial charge is 0.271 e. The quantitative estimate of drug-likeness (QED) is 0.495. The van der Waals surface area contributed by atoms with Gasteiger partial charge in [-0.15, -0.1) is 11.3 Å². The van der Waals surface area contributed by atoms with E-state index in [0.717, 1.165) is 23.1 Å². The lowest BCUT2D eigenvalue weighted by molar-refractivity contribution is -0.384. The van der Waals surface area contributed by atoms with Crippen LogP contribution in [-0.4, -0.2) is 13.3 Å². The summed E-state index contributed by atoms with van der Waals surface area (Å²) in [6.45, 7) is 0.149. The third kappa shape index (κ3) is 3.13. The molecule has 0 aliphatic carbocycles. The number of benzene rings is 1. The molecule has 7 nitrogen and oxygen atoms in total. The maximum absolute atomic E-state index is 12.1. The number of hydrogen-bond acceptors (Lipinski definition) is 6. The molecule has 0 bridgehead atoms. The second-order valence-electron chi connectivity index (χ2n) is 3.88. The molecule has 2 rings (SSSR count). The molecule has 0 saturated heterocycles. The first-order chi connectivity index (χ1) is 9.40. The van der Waals surface area contributed by atoms with E-state index in [1.165, 1.54) is 11.3 Å². The minimum Gasteiger partial charge on any atom is -0.397 e. The molecule has 3 N–H and O–H groups in total. The summed E-state index contributed by atoms with van der Waals surface area (Å²) in [6, 6.07) is 6.88. The molecule has 0 radical (unpaired) electrons. The van der Waals surface area contributed by atoms with Crippen LogP contribution in [0.4, 0.5) is 11.4 Å². The Bertz CT molecular complexity index is 726. The van der Waals surface area contributed by atoms with Crippen molar-refractivity contribution in [2.75, 3.05) is 5.73 Å². The molecule has 0 fully saturated rings. The van der Waals surface area contributed by atoms with Gasteiger partial charge in [0.25, 0.3) is 5.69 Å². The van der Waals surface area contributed by atoms with Crippen molar-refractivity contribution in [1.29, 1.82) is 0 Å². The molecule has 106 valence electrons. The summed E-state index contributed by atoms with van der Waals surface area (Å²) in [5.74, 6) is 0. The number of nitrogen functional groups attached to an aromatic ring is 1. The summed E-state index contributed by atoms with van der Waals surface area (Å²) in [5, 5.41) is 12.4. The van der Waals surface area contributed by atoms with Crippen molar-refractivity contribution in [2.45, 2.75) is 11.4 Å². The third-order valence-electron chi connectivity index (χ3n) is 2.51. The van der Waals surface area contributed by atoms with Crippen molar-refractivity contribution in [2.24, 2.45) is 0 Å². The monoisotopic (exact) mass is 313 g/mol. The molecular weight excluding hydrogens is 302 g/mol. The number of nitrogens with one attached hydrogen (secondary N) is 1. The van der Waals surface area contributed by atoms with Gasteiger partial charge >= 0.3 is 0 Å². The van der Waals surface area contributed by atoms with Gasteiger partial charge in [-0.2, -0.15) is 0 Å². The number of hydrogen-bond donors (Lipinski definition) is 2. The minimum absolute atomic E-state index is 0.149. The van der Waals surface area contributed by atoms with Crippen LogP contribution in [0.25, 0.3) is 0 Å². The van der Waals surface area contributed by atoms with Gasteiger partial charge in [0.15, 0.2) is 0 Å². The van der Waals surface area contributed by atoms with Crippen LogP contribution in [0, 0.1) is 10.1 Å². The molecule has 0 spiro atoms. The summed E-state index contributed by atoms with van der Waals surface area (Å²) in [5.41, 5.74) is 5.17. The Morgan fingerprint density at radius 3 is 2.65 bits per heavy atom. The molecule has 0 aliphatic heterocycles. The Hall–Kier alpha value is -1.97. The second kappa shape index (κ2) is 5.57. The average molecular weight is 313 g/mol. The standard InChI is InChI=1S/C11H11N3O4S2/c12-10-6-8(14(15)16)3-4-11(10)20(17,18)13-7-9-2-1-5-19-9/h1-6,13H,7,12H2. The van der Waals surface area contributed by atoms with E-state index in [0.29, 0.717) is 0 Å². The summed E-state index contributed by atoms with van der Waals surface area (Å²) < 4.78 is 26.5. The zero-order valence-corrected chi connectivity index (χ0v) is 11.8. The average Bonchev–Trinajstić information content (AvgIpc) is 2.89. The van der Waals surface area contributed by atoms with E-state index in [1.807, 2.05) is 11.4 Å². The van der Waals surface area contributed by atoms with Crippen molar-refractivity contribution in [3.63, 3.8) is 0 Å². The SMILES string of the molecule is Nc1cc([N+](=O)[O-])ccc1S(=O)(=O)NCc1cccs1. The van der Waals surface area contributed by atoms with E-state index >= 15 is 0 Å². The van der Waals surface area contributed by atoms with E-state index in [2.05, 4.69) is 4.72 Å². The molecule has 1 aromatic carbocycles. The van der Waals surface area contributed by atoms with E-state index in [9.17, 15) is 18.5 Å². The number of rotatable bonds is 5. The Kier molecular flexibility index (Phi) is 4.02. The molecule has 0 amide bonds. The zero-order chi connectivity index (χ0) is 14.8. The molecule has 2 aromatic rings. The van der Waals surface area contributed by atoms with Gasteiger partial charge in [0.05, 0.1) is 10.6 Å². The van der Waals surface area contributed by atoms with Crippen LogP contribution in [0.15, 0.2) is 40.6 Å². The fourth-order valence-electron chi connectivity index (χ4n) is 1.55. The molecule has 0 unspecified atom stereocenters. The number of sulfonamides is 1. The zero-order valence-electron chi connectivity index (χ0n) is 10.1. The molecule has 1 heterocycles. The van der Waals surface area contributed by atoms with Crippen LogP contribution in [0.1, 0.15) is 4.88 Å². The van der Waals surface area contributed by atoms with Crippen molar-refractivity contribution in [3.8, 4) is 0 Å². The molecule has 0 saturated carbocycles. The number of nitro benzene ring substituents is 1. The van der Waals surface area contributed by atoms with Gasteiger partial charge in [0.2, 0.25) is 10.0 Å². The van der Waals surface area contributed by atoms with Crippen molar-refractivity contribution in [3.05, 3.63) is 50.7 Å². The summed E-state index contributed by atoms with van der Waals surface area (Å²) in [4.78, 5) is 10.6. The first kappa shape index (κ1) is 14.4. The van der Waals surface area contributed by atoms with Crippen LogP contribution in [0.2, 0.25) is 0 Å². The van der Waals surface area contributed by atoms with E-state index in [4.69, 9.17) is 5.73 Å². The largest absolute Gasteiger partial charge is 0.397 e. The highest BCUT2D eigenvalue weighted by atomic mass is 32.2. The number of nitro groups is 1. The number of nitrogens with zero attached hydrogens (tertiary/aromatic N) is 1. The Balaban J connectivity index is 2.23. The Labute approximate surface area is 119 Å². The van der Waals surface area contributed by atoms with E-state index in [1.54, 1.807) is 6.07 Å². The molecule has 0 aliphatic rings. The third-order valence-corrected chi connectivity index (χ3v) is 4.86. The van der Waals surface area contributed by atoms with Crippen molar-refractivity contribution < 1.29 is 13.3 Å². The van der Waals surface area contributed by atoms with E-state index < -0.39 is 14.9 Å². The predicted molar refractivity (Wildman–Crippen MR) is 75.9 cm³/mol. The van der Waals surface area contributed by atoms with Crippen LogP contribution in [-0.2, 0) is 16.6 Å². The first-order valence-corrected chi connectivity index (χ1v) is 7.82. The molecular formula is C11H11N3O4S2. The van der Waals surface area contributed by atoms with E-state index in [-0.39, 0.29) is 22.8 Å². The van der Waals surface area contributed by atoms with Crippen LogP contribution >= 0.6 is 11.3 Å². The molecule has 1 aromatic heterocycles. The van der Waals surface area contributed by atoms with Gasteiger partial charge in [0, 0.05) is 23.6 Å². The highest BCUT2D eigenvalue weighted by Crippen LogP contribution is 2.24. The Morgan fingerprint density at radius 1 is 1.35 bits per heavy atom. The number of non-ortho nitro benzene ring substituents is 1. The summed E-state index contributed by atoms with van der Waals surface area (Å²) in [7, 11) is -3.80. The lowest BCUT2D eigenvalue weighted by Crippen LogP contribution is -2.23. The fourth-order valence-corrected chi connectivity index (χ4v) is 3.40. The highest BCUT2D eigenvalue weighted by molar-refractivity contribution is 7.89. The second-order valence-corrected chi connectivity index (χ2v) is 6.65. The van der Waals surface area contributed by atoms with Gasteiger partial charge in [-0.1, -0.05) is 6.07 Å². The lowest BCUT2D eigenvalue weighted by Gasteiger charge is -2.08. The number of anilines is 1. The Morgan fingerprint density at radius 2 is 2.10 bits per heavy atom. The lowest BCUT2D eigenvalue weighted by atomic mass is 10.3. The van der Waals surface area contributed by atoms with Crippen molar-refractivity contribution in [1.82, 2.24) is 4.72 Å². The molecule has 9 heteroatoms. The highest BCUT2D eigenvalue weighted by Gasteiger charge is 2.19. The van der Waals surface area contributed by atoms with Gasteiger partial charge in [-0.05, 0) is 17.5 Å². The minimum atomic E-state index is -3.80. The van der Waals surface area contributed by atoms with Gasteiger partial charge in [-0.3, -0.25) is 10.1 Å². The van der Waals surface area contributed by atoms with Gasteiger partial charge < -0.3 is 5.73 Å². The maximum Gasteiger partial charge on any atom is 0.271 e. The maximum atomic E-state index is 12.1. The van der Waals surface area contributed by atoms with Gasteiger partial charge in [-0.25, -0.2) is 13.1 Å².